The van der Waals surface area contributed by atoms with Crippen LogP contribution in [0.2, 0.25) is 0 Å². The van der Waals surface area contributed by atoms with Gasteiger partial charge < -0.3 is 5.73 Å². The quantitative estimate of drug-likeness (QED) is 0.880. The molecule has 19 heavy (non-hydrogen) atoms. The van der Waals surface area contributed by atoms with Gasteiger partial charge in [0.2, 0.25) is 0 Å². The van der Waals surface area contributed by atoms with Crippen LogP contribution in [0.5, 0.6) is 0 Å². The van der Waals surface area contributed by atoms with Crippen LogP contribution >= 0.6 is 0 Å². The van der Waals surface area contributed by atoms with Crippen molar-refractivity contribution in [2.75, 3.05) is 6.54 Å². The van der Waals surface area contributed by atoms with Gasteiger partial charge in [0.25, 0.3) is 0 Å². The Bertz CT molecular complexity index is 579. The largest absolute Gasteiger partial charge is 0.330 e. The number of fused-ring (bicyclic) bond motifs is 1. The van der Waals surface area contributed by atoms with E-state index >= 15 is 0 Å². The molecular formula is C14H21N3OS. The summed E-state index contributed by atoms with van der Waals surface area (Å²) in [7, 11) is -0.916. The van der Waals surface area contributed by atoms with Crippen molar-refractivity contribution >= 4 is 21.7 Å². The highest BCUT2D eigenvalue weighted by Gasteiger charge is 2.16. The summed E-state index contributed by atoms with van der Waals surface area (Å²) < 4.78 is 14.2. The zero-order valence-corrected chi connectivity index (χ0v) is 12.3. The predicted molar refractivity (Wildman–Crippen MR) is 80.4 cm³/mol. The highest BCUT2D eigenvalue weighted by atomic mass is 32.2. The topological polar surface area (TPSA) is 60.9 Å². The van der Waals surface area contributed by atoms with E-state index in [4.69, 9.17) is 5.73 Å². The molecule has 1 aromatic carbocycles. The first kappa shape index (κ1) is 14.2. The highest BCUT2D eigenvalue weighted by molar-refractivity contribution is 7.84. The van der Waals surface area contributed by atoms with Crippen LogP contribution in [0.4, 0.5) is 0 Å². The zero-order valence-electron chi connectivity index (χ0n) is 11.5. The van der Waals surface area contributed by atoms with Crippen LogP contribution in [0.1, 0.15) is 26.0 Å². The van der Waals surface area contributed by atoms with E-state index in [1.54, 1.807) is 0 Å². The Morgan fingerprint density at radius 2 is 2.16 bits per heavy atom. The van der Waals surface area contributed by atoms with Gasteiger partial charge in [0.15, 0.2) is 0 Å². The van der Waals surface area contributed by atoms with Crippen molar-refractivity contribution in [3.8, 4) is 0 Å². The minimum absolute atomic E-state index is 0.121. The number of aryl methyl sites for hydroxylation is 1. The van der Waals surface area contributed by atoms with E-state index in [0.29, 0.717) is 12.3 Å². The first-order chi connectivity index (χ1) is 9.17. The molecule has 2 unspecified atom stereocenters. The summed E-state index contributed by atoms with van der Waals surface area (Å²) in [5.74, 6) is 0.509. The van der Waals surface area contributed by atoms with Gasteiger partial charge in [0.1, 0.15) is 0 Å². The molecule has 0 radical (unpaired) electrons. The molecule has 0 saturated carbocycles. The van der Waals surface area contributed by atoms with E-state index < -0.39 is 10.8 Å². The maximum atomic E-state index is 12.2. The molecule has 0 fully saturated rings. The van der Waals surface area contributed by atoms with Crippen LogP contribution < -0.4 is 5.73 Å². The lowest BCUT2D eigenvalue weighted by Gasteiger charge is -2.08. The number of hydrogen-bond acceptors (Lipinski definition) is 3. The molecule has 2 aromatic rings. The highest BCUT2D eigenvalue weighted by Crippen LogP contribution is 2.20. The van der Waals surface area contributed by atoms with E-state index in [1.807, 2.05) is 23.7 Å². The number of aromatic nitrogens is 2. The summed E-state index contributed by atoms with van der Waals surface area (Å²) in [6.45, 7) is 5.46. The van der Waals surface area contributed by atoms with Crippen molar-refractivity contribution in [2.24, 2.45) is 5.73 Å². The minimum atomic E-state index is -0.916. The average Bonchev–Trinajstić information content (AvgIpc) is 2.77. The summed E-state index contributed by atoms with van der Waals surface area (Å²) in [6, 6.07) is 8.11. The third kappa shape index (κ3) is 3.04. The van der Waals surface area contributed by atoms with Gasteiger partial charge in [-0.15, -0.1) is 0 Å². The number of nitrogens with zero attached hydrogens (tertiary/aromatic N) is 2. The van der Waals surface area contributed by atoms with E-state index in [-0.39, 0.29) is 5.25 Å². The van der Waals surface area contributed by atoms with Gasteiger partial charge in [0.05, 0.1) is 17.0 Å². The van der Waals surface area contributed by atoms with E-state index in [9.17, 15) is 4.21 Å². The number of hydrogen-bond donors (Lipinski definition) is 1. The number of para-hydroxylation sites is 1. The van der Waals surface area contributed by atoms with Crippen molar-refractivity contribution in [1.29, 1.82) is 0 Å². The Morgan fingerprint density at radius 3 is 2.84 bits per heavy atom. The monoisotopic (exact) mass is 279 g/mol. The molecule has 2 atom stereocenters. The molecule has 0 spiro atoms. The van der Waals surface area contributed by atoms with Crippen molar-refractivity contribution in [1.82, 2.24) is 9.78 Å². The third-order valence-electron chi connectivity index (χ3n) is 3.33. The van der Waals surface area contributed by atoms with Crippen LogP contribution in [-0.4, -0.2) is 25.8 Å². The fourth-order valence-corrected chi connectivity index (χ4v) is 3.35. The smallest absolute Gasteiger partial charge is 0.0828 e. The number of nitrogens with two attached hydrogens (primary N) is 1. The van der Waals surface area contributed by atoms with Gasteiger partial charge >= 0.3 is 0 Å². The van der Waals surface area contributed by atoms with E-state index in [1.165, 1.54) is 0 Å². The van der Waals surface area contributed by atoms with E-state index in [2.05, 4.69) is 24.2 Å². The SMILES string of the molecule is CCn1nc(CS(=O)C(C)CCN)c2ccccc21. The molecule has 1 aromatic heterocycles. The molecule has 4 nitrogen and oxygen atoms in total. The first-order valence-electron chi connectivity index (χ1n) is 6.69. The van der Waals surface area contributed by atoms with Crippen molar-refractivity contribution in [3.05, 3.63) is 30.0 Å². The molecule has 2 rings (SSSR count). The van der Waals surface area contributed by atoms with Crippen molar-refractivity contribution in [3.63, 3.8) is 0 Å². The van der Waals surface area contributed by atoms with Crippen LogP contribution in [0.25, 0.3) is 10.9 Å². The molecular weight excluding hydrogens is 258 g/mol. The standard InChI is InChI=1S/C14H21N3OS/c1-3-17-14-7-5-4-6-12(14)13(16-17)10-19(18)11(2)8-9-15/h4-7,11H,3,8-10,15H2,1-2H3. The predicted octanol–water partition coefficient (Wildman–Crippen LogP) is 2.04. The zero-order chi connectivity index (χ0) is 13.8. The Balaban J connectivity index is 2.28. The molecule has 0 aliphatic heterocycles. The lowest BCUT2D eigenvalue weighted by atomic mass is 10.2. The van der Waals surface area contributed by atoms with Gasteiger partial charge in [-0.3, -0.25) is 8.89 Å². The maximum Gasteiger partial charge on any atom is 0.0828 e. The van der Waals surface area contributed by atoms with Crippen molar-refractivity contribution < 1.29 is 4.21 Å². The maximum absolute atomic E-state index is 12.2. The fourth-order valence-electron chi connectivity index (χ4n) is 2.19. The molecule has 5 heteroatoms. The van der Waals surface area contributed by atoms with Gasteiger partial charge in [-0.05, 0) is 26.0 Å². The summed E-state index contributed by atoms with van der Waals surface area (Å²) in [5.41, 5.74) is 7.57. The van der Waals surface area contributed by atoms with Gasteiger partial charge in [-0.25, -0.2) is 0 Å². The minimum Gasteiger partial charge on any atom is -0.330 e. The number of benzene rings is 1. The Kier molecular flexibility index (Phi) is 4.71. The van der Waals surface area contributed by atoms with Gasteiger partial charge in [-0.2, -0.15) is 5.10 Å². The lowest BCUT2D eigenvalue weighted by molar-refractivity contribution is 0.657. The third-order valence-corrected chi connectivity index (χ3v) is 5.03. The molecule has 104 valence electrons. The molecule has 0 saturated heterocycles. The average molecular weight is 279 g/mol. The molecule has 1 heterocycles. The lowest BCUT2D eigenvalue weighted by Crippen LogP contribution is -2.17. The molecule has 0 amide bonds. The summed E-state index contributed by atoms with van der Waals surface area (Å²) in [5, 5.41) is 5.81. The van der Waals surface area contributed by atoms with Crippen LogP contribution in [0, 0.1) is 0 Å². The van der Waals surface area contributed by atoms with Crippen LogP contribution in [-0.2, 0) is 23.1 Å². The van der Waals surface area contributed by atoms with E-state index in [0.717, 1.165) is 29.6 Å². The van der Waals surface area contributed by atoms with Crippen LogP contribution in [0.15, 0.2) is 24.3 Å². The molecule has 2 N–H and O–H groups in total. The Labute approximate surface area is 116 Å². The second kappa shape index (κ2) is 6.30. The van der Waals surface area contributed by atoms with Crippen LogP contribution in [0.3, 0.4) is 0 Å². The summed E-state index contributed by atoms with van der Waals surface area (Å²) >= 11 is 0. The normalized spacial score (nSPS) is 14.7. The second-order valence-corrected chi connectivity index (χ2v) is 6.55. The fraction of sp³-hybridized carbons (Fsp3) is 0.500. The van der Waals surface area contributed by atoms with Crippen molar-refractivity contribution in [2.45, 2.75) is 37.8 Å². The summed E-state index contributed by atoms with van der Waals surface area (Å²) in [4.78, 5) is 0. The number of rotatable bonds is 6. The molecule has 0 aliphatic carbocycles. The van der Waals surface area contributed by atoms with Gasteiger partial charge in [-0.1, -0.05) is 25.1 Å². The van der Waals surface area contributed by atoms with Gasteiger partial charge in [0, 0.05) is 28.0 Å². The first-order valence-corrected chi connectivity index (χ1v) is 8.07. The Morgan fingerprint density at radius 1 is 1.42 bits per heavy atom. The second-order valence-electron chi connectivity index (χ2n) is 4.69. The molecule has 0 bridgehead atoms. The Hall–Kier alpha value is -1.20. The molecule has 0 aliphatic rings. The summed E-state index contributed by atoms with van der Waals surface area (Å²) in [6.07, 6.45) is 0.791.